The number of carbonyl (C=O) groups excluding carboxylic acids is 2. The zero-order valence-corrected chi connectivity index (χ0v) is 16.6. The van der Waals surface area contributed by atoms with Crippen molar-refractivity contribution >= 4 is 11.8 Å². The Balaban J connectivity index is 2.51. The third kappa shape index (κ3) is 8.26. The fourth-order valence-corrected chi connectivity index (χ4v) is 2.23. The quantitative estimate of drug-likeness (QED) is 0.487. The fraction of sp³-hybridized carbons (Fsp3) is 0.579. The molecule has 0 aliphatic carbocycles. The summed E-state index contributed by atoms with van der Waals surface area (Å²) in [7, 11) is 0. The lowest BCUT2D eigenvalue weighted by Crippen LogP contribution is -2.44. The van der Waals surface area contributed by atoms with Crippen molar-refractivity contribution in [3.05, 3.63) is 35.1 Å². The number of hydrogen-bond donors (Lipinski definition) is 2. The number of nitrogens with one attached hydrogen (secondary N) is 2. The van der Waals surface area contributed by atoms with Gasteiger partial charge in [-0.15, -0.1) is 0 Å². The van der Waals surface area contributed by atoms with Crippen molar-refractivity contribution in [1.82, 2.24) is 10.6 Å². The number of hydrogen-bond acceptors (Lipinski definition) is 4. The molecule has 0 aliphatic heterocycles. The van der Waals surface area contributed by atoms with Crippen molar-refractivity contribution in [3.63, 3.8) is 0 Å². The lowest BCUT2D eigenvalue weighted by molar-refractivity contribution is -0.544. The Labute approximate surface area is 162 Å². The summed E-state index contributed by atoms with van der Waals surface area (Å²) in [4.78, 5) is 24.1. The molecule has 0 radical (unpaired) electrons. The smallest absolute Gasteiger partial charge is 0.254 e. The Bertz CT molecular complexity index is 718. The predicted octanol–water partition coefficient (Wildman–Crippen LogP) is 1.87. The molecule has 0 aliphatic rings. The average Bonchev–Trinajstić information content (AvgIpc) is 2.53. The van der Waals surface area contributed by atoms with Crippen molar-refractivity contribution in [2.24, 2.45) is 5.41 Å². The minimum atomic E-state index is -1.55. The first-order valence-corrected chi connectivity index (χ1v) is 8.77. The summed E-state index contributed by atoms with van der Waals surface area (Å²) in [6.07, 6.45) is 0.0849. The van der Waals surface area contributed by atoms with E-state index in [2.05, 4.69) is 10.6 Å². The van der Waals surface area contributed by atoms with E-state index in [-0.39, 0.29) is 25.5 Å². The van der Waals surface area contributed by atoms with Crippen molar-refractivity contribution in [3.8, 4) is 0 Å². The van der Waals surface area contributed by atoms with Gasteiger partial charge in [0.05, 0.1) is 12.2 Å². The summed E-state index contributed by atoms with van der Waals surface area (Å²) >= 11 is 0. The normalized spacial score (nSPS) is 13.2. The van der Waals surface area contributed by atoms with Gasteiger partial charge in [0.25, 0.3) is 5.91 Å². The molecule has 2 N–H and O–H groups in total. The molecular formula is C19H26F3N2O4-. The monoisotopic (exact) mass is 403 g/mol. The summed E-state index contributed by atoms with van der Waals surface area (Å²) in [6, 6.07) is 0.180. The van der Waals surface area contributed by atoms with E-state index in [0.717, 1.165) is 0 Å². The van der Waals surface area contributed by atoms with E-state index in [4.69, 9.17) is 4.74 Å². The van der Waals surface area contributed by atoms with Crippen LogP contribution in [-0.4, -0.2) is 36.8 Å². The zero-order valence-electron chi connectivity index (χ0n) is 16.6. The number of carbonyl (C=O) groups is 2. The molecule has 0 heterocycles. The van der Waals surface area contributed by atoms with Crippen LogP contribution in [0.25, 0.3) is 0 Å². The highest BCUT2D eigenvalue weighted by Crippen LogP contribution is 2.22. The van der Waals surface area contributed by atoms with Crippen molar-refractivity contribution < 1.29 is 32.6 Å². The molecule has 1 rings (SSSR count). The Morgan fingerprint density at radius 2 is 1.68 bits per heavy atom. The standard InChI is InChI=1S/C19H26F3N2O4/c1-11(24-17(26)12-6-14(21)15(22)7-13(12)20)9-23-16(25)8-18(2,3)10-28-19(4,5)27/h6-7,11H,8-10H2,1-5H3,(H,23,25)(H,24,26)/q-1/t11-/m1/s1. The first-order valence-electron chi connectivity index (χ1n) is 8.77. The first kappa shape index (κ1) is 23.9. The number of halogens is 3. The summed E-state index contributed by atoms with van der Waals surface area (Å²) in [5.41, 5.74) is -1.21. The molecule has 6 nitrogen and oxygen atoms in total. The minimum absolute atomic E-state index is 0.0415. The maximum atomic E-state index is 13.6. The van der Waals surface area contributed by atoms with E-state index in [1.54, 1.807) is 20.8 Å². The van der Waals surface area contributed by atoms with E-state index in [9.17, 15) is 27.9 Å². The third-order valence-electron chi connectivity index (χ3n) is 3.69. The van der Waals surface area contributed by atoms with Crippen LogP contribution >= 0.6 is 0 Å². The highest BCUT2D eigenvalue weighted by Gasteiger charge is 2.24. The largest absolute Gasteiger partial charge is 0.829 e. The van der Waals surface area contributed by atoms with Gasteiger partial charge < -0.3 is 20.5 Å². The molecule has 0 spiro atoms. The van der Waals surface area contributed by atoms with E-state index >= 15 is 0 Å². The molecule has 28 heavy (non-hydrogen) atoms. The molecule has 0 fully saturated rings. The van der Waals surface area contributed by atoms with Crippen LogP contribution in [0.5, 0.6) is 0 Å². The Morgan fingerprint density at radius 3 is 2.25 bits per heavy atom. The molecule has 2 amide bonds. The van der Waals surface area contributed by atoms with E-state index < -0.39 is 46.2 Å². The lowest BCUT2D eigenvalue weighted by atomic mass is 9.90. The summed E-state index contributed by atoms with van der Waals surface area (Å²) in [6.45, 7) is 8.00. The van der Waals surface area contributed by atoms with Crippen LogP contribution in [0.4, 0.5) is 13.2 Å². The summed E-state index contributed by atoms with van der Waals surface area (Å²) in [5, 5.41) is 16.5. The minimum Gasteiger partial charge on any atom is -0.829 e. The van der Waals surface area contributed by atoms with Crippen LogP contribution in [0, 0.1) is 22.9 Å². The second kappa shape index (κ2) is 9.38. The fourth-order valence-electron chi connectivity index (χ4n) is 2.23. The summed E-state index contributed by atoms with van der Waals surface area (Å²) in [5.74, 6) is -6.71. The highest BCUT2D eigenvalue weighted by atomic mass is 19.2. The molecular weight excluding hydrogens is 377 g/mol. The van der Waals surface area contributed by atoms with E-state index in [0.29, 0.717) is 12.1 Å². The van der Waals surface area contributed by atoms with Gasteiger partial charge in [0.2, 0.25) is 5.91 Å². The highest BCUT2D eigenvalue weighted by molar-refractivity contribution is 5.94. The maximum Gasteiger partial charge on any atom is 0.254 e. The third-order valence-corrected chi connectivity index (χ3v) is 3.69. The predicted molar refractivity (Wildman–Crippen MR) is 94.7 cm³/mol. The number of rotatable bonds is 9. The number of benzene rings is 1. The zero-order chi connectivity index (χ0) is 21.7. The first-order chi connectivity index (χ1) is 12.7. The van der Waals surface area contributed by atoms with Gasteiger partial charge in [-0.3, -0.25) is 9.59 Å². The van der Waals surface area contributed by atoms with Crippen LogP contribution in [0.2, 0.25) is 0 Å². The van der Waals surface area contributed by atoms with Gasteiger partial charge in [-0.05, 0) is 24.2 Å². The second-order valence-corrected chi connectivity index (χ2v) is 7.95. The molecule has 9 heteroatoms. The van der Waals surface area contributed by atoms with Crippen molar-refractivity contribution in [2.75, 3.05) is 13.2 Å². The van der Waals surface area contributed by atoms with Crippen LogP contribution in [0.3, 0.4) is 0 Å². The van der Waals surface area contributed by atoms with Crippen LogP contribution in [-0.2, 0) is 9.53 Å². The molecule has 158 valence electrons. The molecule has 0 saturated heterocycles. The van der Waals surface area contributed by atoms with Gasteiger partial charge in [-0.1, -0.05) is 27.7 Å². The Morgan fingerprint density at radius 1 is 1.11 bits per heavy atom. The molecule has 1 atom stereocenters. The van der Waals surface area contributed by atoms with Gasteiger partial charge in [0.1, 0.15) is 5.82 Å². The van der Waals surface area contributed by atoms with Gasteiger partial charge >= 0.3 is 0 Å². The number of amides is 2. The van der Waals surface area contributed by atoms with E-state index in [1.165, 1.54) is 13.8 Å². The topological polar surface area (TPSA) is 90.5 Å². The molecule has 0 unspecified atom stereocenters. The Hall–Kier alpha value is -2.13. The molecule has 0 saturated carbocycles. The Kier molecular flexibility index (Phi) is 8.01. The van der Waals surface area contributed by atoms with Crippen LogP contribution in [0.1, 0.15) is 51.4 Å². The van der Waals surface area contributed by atoms with Crippen molar-refractivity contribution in [2.45, 2.75) is 52.9 Å². The summed E-state index contributed by atoms with van der Waals surface area (Å²) < 4.78 is 44.9. The van der Waals surface area contributed by atoms with Crippen molar-refractivity contribution in [1.29, 1.82) is 0 Å². The SMILES string of the molecule is C[C@H](CNC(=O)CC(C)(C)COC(C)(C)[O-])NC(=O)c1cc(F)c(F)cc1F. The van der Waals surface area contributed by atoms with Gasteiger partial charge in [-0.25, -0.2) is 13.2 Å². The van der Waals surface area contributed by atoms with E-state index in [1.807, 2.05) is 0 Å². The lowest BCUT2D eigenvalue weighted by Gasteiger charge is -2.36. The molecule has 0 aromatic heterocycles. The molecule has 1 aromatic carbocycles. The van der Waals surface area contributed by atoms with Gasteiger partial charge in [-0.2, -0.15) is 0 Å². The van der Waals surface area contributed by atoms with Gasteiger partial charge in [0, 0.05) is 25.1 Å². The van der Waals surface area contributed by atoms with Crippen LogP contribution in [0.15, 0.2) is 12.1 Å². The van der Waals surface area contributed by atoms with Crippen LogP contribution < -0.4 is 15.7 Å². The van der Waals surface area contributed by atoms with Gasteiger partial charge in [0.15, 0.2) is 11.6 Å². The second-order valence-electron chi connectivity index (χ2n) is 7.95. The average molecular weight is 403 g/mol. The molecule has 1 aromatic rings. The maximum absolute atomic E-state index is 13.6. The molecule has 0 bridgehead atoms. The number of ether oxygens (including phenoxy) is 1.